The van der Waals surface area contributed by atoms with E-state index in [9.17, 15) is 0 Å². The van der Waals surface area contributed by atoms with E-state index in [0.717, 1.165) is 35.1 Å². The Morgan fingerprint density at radius 1 is 1.10 bits per heavy atom. The van der Waals surface area contributed by atoms with Crippen molar-refractivity contribution >= 4 is 0 Å². The highest BCUT2D eigenvalue weighted by Crippen LogP contribution is 2.28. The third-order valence-electron chi connectivity index (χ3n) is 3.61. The van der Waals surface area contributed by atoms with Gasteiger partial charge in [-0.3, -0.25) is 0 Å². The van der Waals surface area contributed by atoms with Crippen molar-refractivity contribution in [1.29, 1.82) is 0 Å². The maximum atomic E-state index is 5.58. The monoisotopic (exact) mass is 289 g/mol. The SMILES string of the molecule is COc1ccc(CNC(C)c2cc(C)oc2C)cc1OC. The zero-order chi connectivity index (χ0) is 15.4. The van der Waals surface area contributed by atoms with E-state index in [4.69, 9.17) is 13.9 Å². The second-order valence-electron chi connectivity index (χ2n) is 5.16. The smallest absolute Gasteiger partial charge is 0.161 e. The standard InChI is InChI=1S/C17H23NO3/c1-11-8-15(13(3)21-11)12(2)18-10-14-6-7-16(19-4)17(9-14)20-5/h6-9,12,18H,10H2,1-5H3. The number of benzene rings is 1. The van der Waals surface area contributed by atoms with E-state index >= 15 is 0 Å². The highest BCUT2D eigenvalue weighted by molar-refractivity contribution is 5.42. The van der Waals surface area contributed by atoms with Crippen LogP contribution in [0.3, 0.4) is 0 Å². The summed E-state index contributed by atoms with van der Waals surface area (Å²) in [7, 11) is 3.29. The molecule has 0 saturated carbocycles. The van der Waals surface area contributed by atoms with Crippen LogP contribution in [0.15, 0.2) is 28.7 Å². The summed E-state index contributed by atoms with van der Waals surface area (Å²) in [5.41, 5.74) is 2.35. The first-order chi connectivity index (χ1) is 10.0. The largest absolute Gasteiger partial charge is 0.493 e. The Hall–Kier alpha value is -1.94. The summed E-state index contributed by atoms with van der Waals surface area (Å²) in [5.74, 6) is 3.41. The third kappa shape index (κ3) is 3.58. The Balaban J connectivity index is 2.04. The summed E-state index contributed by atoms with van der Waals surface area (Å²) in [6, 6.07) is 8.27. The third-order valence-corrected chi connectivity index (χ3v) is 3.61. The lowest BCUT2D eigenvalue weighted by atomic mass is 10.1. The van der Waals surface area contributed by atoms with Crippen molar-refractivity contribution in [2.24, 2.45) is 0 Å². The molecule has 0 spiro atoms. The first-order valence-electron chi connectivity index (χ1n) is 7.06. The maximum absolute atomic E-state index is 5.58. The fraction of sp³-hybridized carbons (Fsp3) is 0.412. The molecule has 1 unspecified atom stereocenters. The molecule has 1 aromatic carbocycles. The van der Waals surface area contributed by atoms with Gasteiger partial charge in [0, 0.05) is 18.2 Å². The number of furan rings is 1. The fourth-order valence-electron chi connectivity index (χ4n) is 2.45. The van der Waals surface area contributed by atoms with Gasteiger partial charge in [-0.15, -0.1) is 0 Å². The molecular weight excluding hydrogens is 266 g/mol. The quantitative estimate of drug-likeness (QED) is 0.879. The van der Waals surface area contributed by atoms with Crippen LogP contribution >= 0.6 is 0 Å². The molecule has 4 heteroatoms. The normalized spacial score (nSPS) is 12.2. The Bertz CT molecular complexity index is 604. The van der Waals surface area contributed by atoms with Crippen molar-refractivity contribution in [3.8, 4) is 11.5 Å². The van der Waals surface area contributed by atoms with E-state index in [2.05, 4.69) is 18.3 Å². The predicted octanol–water partition coefficient (Wildman–Crippen LogP) is 3.76. The van der Waals surface area contributed by atoms with Crippen molar-refractivity contribution in [3.63, 3.8) is 0 Å². The zero-order valence-corrected chi connectivity index (χ0v) is 13.3. The van der Waals surface area contributed by atoms with E-state index in [1.54, 1.807) is 14.2 Å². The number of methoxy groups -OCH3 is 2. The van der Waals surface area contributed by atoms with Crippen LogP contribution in [0.1, 0.15) is 35.6 Å². The molecule has 0 saturated heterocycles. The van der Waals surface area contributed by atoms with Crippen LogP contribution < -0.4 is 14.8 Å². The van der Waals surface area contributed by atoms with Gasteiger partial charge >= 0.3 is 0 Å². The van der Waals surface area contributed by atoms with E-state index in [0.29, 0.717) is 0 Å². The minimum Gasteiger partial charge on any atom is -0.493 e. The molecule has 0 aliphatic rings. The Morgan fingerprint density at radius 3 is 2.38 bits per heavy atom. The minimum absolute atomic E-state index is 0.232. The van der Waals surface area contributed by atoms with Crippen molar-refractivity contribution in [2.75, 3.05) is 14.2 Å². The lowest BCUT2D eigenvalue weighted by molar-refractivity contribution is 0.354. The Labute approximate surface area is 126 Å². The summed E-state index contributed by atoms with van der Waals surface area (Å²) < 4.78 is 16.1. The van der Waals surface area contributed by atoms with Crippen LogP contribution in [0, 0.1) is 13.8 Å². The Kier molecular flexibility index (Phi) is 4.91. The predicted molar refractivity (Wildman–Crippen MR) is 83.0 cm³/mol. The van der Waals surface area contributed by atoms with Gasteiger partial charge in [-0.05, 0) is 44.5 Å². The second kappa shape index (κ2) is 6.68. The summed E-state index contributed by atoms with van der Waals surface area (Å²) in [6.45, 7) is 6.86. The molecule has 0 aliphatic heterocycles. The second-order valence-corrected chi connectivity index (χ2v) is 5.16. The number of ether oxygens (including phenoxy) is 2. The lowest BCUT2D eigenvalue weighted by Crippen LogP contribution is -2.18. The highest BCUT2D eigenvalue weighted by atomic mass is 16.5. The molecule has 2 rings (SSSR count). The molecule has 2 aromatic rings. The summed E-state index contributed by atoms with van der Waals surface area (Å²) in [6.07, 6.45) is 0. The van der Waals surface area contributed by atoms with Gasteiger partial charge in [0.15, 0.2) is 11.5 Å². The van der Waals surface area contributed by atoms with E-state index < -0.39 is 0 Å². The van der Waals surface area contributed by atoms with Gasteiger partial charge in [0.05, 0.1) is 14.2 Å². The van der Waals surface area contributed by atoms with Gasteiger partial charge in [0.1, 0.15) is 11.5 Å². The molecule has 1 aromatic heterocycles. The number of hydrogen-bond acceptors (Lipinski definition) is 4. The fourth-order valence-corrected chi connectivity index (χ4v) is 2.45. The minimum atomic E-state index is 0.232. The average molecular weight is 289 g/mol. The van der Waals surface area contributed by atoms with E-state index in [1.807, 2.05) is 32.0 Å². The highest BCUT2D eigenvalue weighted by Gasteiger charge is 2.12. The van der Waals surface area contributed by atoms with Crippen LogP contribution in [0.5, 0.6) is 11.5 Å². The van der Waals surface area contributed by atoms with Crippen LogP contribution in [0.25, 0.3) is 0 Å². The molecule has 21 heavy (non-hydrogen) atoms. The maximum Gasteiger partial charge on any atom is 0.161 e. The zero-order valence-electron chi connectivity index (χ0n) is 13.3. The lowest BCUT2D eigenvalue weighted by Gasteiger charge is -2.14. The molecule has 1 N–H and O–H groups in total. The number of aryl methyl sites for hydroxylation is 2. The summed E-state index contributed by atoms with van der Waals surface area (Å²) >= 11 is 0. The van der Waals surface area contributed by atoms with E-state index in [1.165, 1.54) is 5.56 Å². The van der Waals surface area contributed by atoms with Crippen molar-refractivity contribution in [1.82, 2.24) is 5.32 Å². The molecule has 0 amide bonds. The first kappa shape index (κ1) is 15.4. The van der Waals surface area contributed by atoms with E-state index in [-0.39, 0.29) is 6.04 Å². The van der Waals surface area contributed by atoms with Gasteiger partial charge in [0.25, 0.3) is 0 Å². The van der Waals surface area contributed by atoms with Crippen LogP contribution in [0.4, 0.5) is 0 Å². The first-order valence-corrected chi connectivity index (χ1v) is 7.06. The van der Waals surface area contributed by atoms with Crippen LogP contribution in [-0.2, 0) is 6.54 Å². The average Bonchev–Trinajstić information content (AvgIpc) is 2.83. The number of hydrogen-bond donors (Lipinski definition) is 1. The summed E-state index contributed by atoms with van der Waals surface area (Å²) in [5, 5.41) is 3.50. The Morgan fingerprint density at radius 2 is 1.81 bits per heavy atom. The molecular formula is C17H23NO3. The molecule has 1 atom stereocenters. The van der Waals surface area contributed by atoms with Crippen LogP contribution in [0.2, 0.25) is 0 Å². The van der Waals surface area contributed by atoms with Gasteiger partial charge < -0.3 is 19.2 Å². The molecule has 0 radical (unpaired) electrons. The van der Waals surface area contributed by atoms with Gasteiger partial charge in [-0.2, -0.15) is 0 Å². The molecule has 0 fully saturated rings. The molecule has 1 heterocycles. The van der Waals surface area contributed by atoms with Gasteiger partial charge in [0.2, 0.25) is 0 Å². The van der Waals surface area contributed by atoms with Gasteiger partial charge in [-0.25, -0.2) is 0 Å². The number of nitrogens with one attached hydrogen (secondary N) is 1. The van der Waals surface area contributed by atoms with Gasteiger partial charge in [-0.1, -0.05) is 6.07 Å². The molecule has 114 valence electrons. The molecule has 0 aliphatic carbocycles. The molecule has 4 nitrogen and oxygen atoms in total. The number of rotatable bonds is 6. The summed E-state index contributed by atoms with van der Waals surface area (Å²) in [4.78, 5) is 0. The van der Waals surface area contributed by atoms with Crippen molar-refractivity contribution < 1.29 is 13.9 Å². The van der Waals surface area contributed by atoms with Crippen LogP contribution in [-0.4, -0.2) is 14.2 Å². The van der Waals surface area contributed by atoms with Crippen molar-refractivity contribution in [3.05, 3.63) is 46.9 Å². The van der Waals surface area contributed by atoms with Crippen molar-refractivity contribution in [2.45, 2.75) is 33.4 Å². The molecule has 0 bridgehead atoms. The topological polar surface area (TPSA) is 43.6 Å².